The Morgan fingerprint density at radius 2 is 1.63 bits per heavy atom. The van der Waals surface area contributed by atoms with Crippen LogP contribution in [-0.2, 0) is 14.4 Å². The van der Waals surface area contributed by atoms with Crippen LogP contribution in [0.2, 0.25) is 0 Å². The topological polar surface area (TPSA) is 96.4 Å². The number of benzene rings is 1. The van der Waals surface area contributed by atoms with Gasteiger partial charge in [-0.2, -0.15) is 0 Å². The van der Waals surface area contributed by atoms with E-state index in [1.54, 1.807) is 28.0 Å². The van der Waals surface area contributed by atoms with Crippen molar-refractivity contribution in [3.05, 3.63) is 18.2 Å². The van der Waals surface area contributed by atoms with Crippen LogP contribution in [0.5, 0.6) is 11.5 Å². The predicted molar refractivity (Wildman–Crippen MR) is 96.9 cm³/mol. The molecule has 1 N–H and O–H groups in total. The van der Waals surface area contributed by atoms with Crippen LogP contribution in [0.25, 0.3) is 0 Å². The maximum absolute atomic E-state index is 12.8. The zero-order valence-corrected chi connectivity index (χ0v) is 15.5. The van der Waals surface area contributed by atoms with Crippen LogP contribution in [0.4, 0.5) is 5.69 Å². The number of nitrogens with zero attached hydrogens (tertiary/aromatic N) is 2. The van der Waals surface area contributed by atoms with Crippen molar-refractivity contribution in [2.45, 2.75) is 19.3 Å². The third-order valence-electron chi connectivity index (χ3n) is 5.28. The number of rotatable bonds is 5. The molecule has 2 amide bonds. The molecule has 2 aliphatic rings. The van der Waals surface area contributed by atoms with Gasteiger partial charge in [0.15, 0.2) is 0 Å². The number of aliphatic carboxylic acids is 1. The molecule has 8 heteroatoms. The quantitative estimate of drug-likeness (QED) is 0.834. The number of carboxylic acid groups (broad SMARTS) is 1. The van der Waals surface area contributed by atoms with Crippen molar-refractivity contribution in [1.82, 2.24) is 4.90 Å². The Kier molecular flexibility index (Phi) is 5.53. The number of anilines is 1. The second-order valence-corrected chi connectivity index (χ2v) is 6.91. The van der Waals surface area contributed by atoms with E-state index in [9.17, 15) is 14.4 Å². The molecule has 2 aliphatic heterocycles. The summed E-state index contributed by atoms with van der Waals surface area (Å²) in [6.07, 6.45) is 1.06. The molecule has 0 aromatic heterocycles. The number of piperidine rings is 1. The average Bonchev–Trinajstić information content (AvgIpc) is 3.08. The number of methoxy groups -OCH3 is 2. The molecule has 0 spiro atoms. The number of carbonyl (C=O) groups is 3. The highest BCUT2D eigenvalue weighted by atomic mass is 16.5. The number of carbonyl (C=O) groups excluding carboxylic acids is 2. The Hall–Kier alpha value is -2.77. The van der Waals surface area contributed by atoms with Gasteiger partial charge in [0.05, 0.1) is 31.7 Å². The van der Waals surface area contributed by atoms with Crippen LogP contribution in [0.3, 0.4) is 0 Å². The maximum Gasteiger partial charge on any atom is 0.306 e. The minimum absolute atomic E-state index is 0.0791. The molecule has 1 atom stereocenters. The molecule has 1 aromatic carbocycles. The van der Waals surface area contributed by atoms with Crippen molar-refractivity contribution in [2.24, 2.45) is 11.8 Å². The van der Waals surface area contributed by atoms with Gasteiger partial charge in [-0.15, -0.1) is 0 Å². The molecule has 2 heterocycles. The van der Waals surface area contributed by atoms with E-state index >= 15 is 0 Å². The van der Waals surface area contributed by atoms with Gasteiger partial charge in [0.2, 0.25) is 11.8 Å². The highest BCUT2D eigenvalue weighted by Gasteiger charge is 2.38. The Bertz CT molecular complexity index is 719. The summed E-state index contributed by atoms with van der Waals surface area (Å²) in [6.45, 7) is 1.15. The number of likely N-dealkylation sites (tertiary alicyclic amines) is 1. The summed E-state index contributed by atoms with van der Waals surface area (Å²) in [5, 5.41) is 9.08. The van der Waals surface area contributed by atoms with E-state index < -0.39 is 11.9 Å². The summed E-state index contributed by atoms with van der Waals surface area (Å²) in [7, 11) is 3.08. The lowest BCUT2D eigenvalue weighted by Gasteiger charge is -2.31. The van der Waals surface area contributed by atoms with Crippen molar-refractivity contribution in [3.8, 4) is 11.5 Å². The van der Waals surface area contributed by atoms with Gasteiger partial charge in [0.1, 0.15) is 11.5 Å². The fourth-order valence-electron chi connectivity index (χ4n) is 3.68. The van der Waals surface area contributed by atoms with Gasteiger partial charge in [-0.25, -0.2) is 0 Å². The second-order valence-electron chi connectivity index (χ2n) is 6.91. The first-order valence-corrected chi connectivity index (χ1v) is 8.98. The molecule has 27 heavy (non-hydrogen) atoms. The highest BCUT2D eigenvalue weighted by Crippen LogP contribution is 2.33. The molecular weight excluding hydrogens is 352 g/mol. The average molecular weight is 376 g/mol. The normalized spacial score (nSPS) is 20.7. The molecular formula is C19H24N2O6. The van der Waals surface area contributed by atoms with Crippen molar-refractivity contribution >= 4 is 23.5 Å². The van der Waals surface area contributed by atoms with Gasteiger partial charge in [-0.3, -0.25) is 14.4 Å². The maximum atomic E-state index is 12.8. The fraction of sp³-hybridized carbons (Fsp3) is 0.526. The molecule has 8 nitrogen and oxygen atoms in total. The first kappa shape index (κ1) is 19.0. The number of hydrogen-bond acceptors (Lipinski definition) is 5. The van der Waals surface area contributed by atoms with E-state index in [0.29, 0.717) is 49.7 Å². The van der Waals surface area contributed by atoms with Crippen molar-refractivity contribution in [1.29, 1.82) is 0 Å². The molecule has 0 radical (unpaired) electrons. The number of hydrogen-bond donors (Lipinski definition) is 1. The minimum Gasteiger partial charge on any atom is -0.497 e. The molecule has 146 valence electrons. The van der Waals surface area contributed by atoms with Crippen LogP contribution in [0.15, 0.2) is 18.2 Å². The van der Waals surface area contributed by atoms with Gasteiger partial charge in [-0.1, -0.05) is 0 Å². The van der Waals surface area contributed by atoms with Gasteiger partial charge >= 0.3 is 5.97 Å². The molecule has 1 unspecified atom stereocenters. The van der Waals surface area contributed by atoms with Crippen LogP contribution in [0, 0.1) is 11.8 Å². The van der Waals surface area contributed by atoms with E-state index in [2.05, 4.69) is 0 Å². The third kappa shape index (κ3) is 3.99. The summed E-state index contributed by atoms with van der Waals surface area (Å²) in [4.78, 5) is 39.6. The number of ether oxygens (including phenoxy) is 2. The summed E-state index contributed by atoms with van der Waals surface area (Å²) in [5.41, 5.74) is 0.635. The Morgan fingerprint density at radius 1 is 1.04 bits per heavy atom. The minimum atomic E-state index is -0.809. The van der Waals surface area contributed by atoms with Crippen molar-refractivity contribution < 1.29 is 29.0 Å². The zero-order chi connectivity index (χ0) is 19.6. The molecule has 2 saturated heterocycles. The molecule has 0 saturated carbocycles. The summed E-state index contributed by atoms with van der Waals surface area (Å²) in [5.74, 6) is -0.675. The zero-order valence-electron chi connectivity index (χ0n) is 15.5. The molecule has 0 bridgehead atoms. The SMILES string of the molecule is COc1cc(OC)cc(N2CC(C(=O)N3CCC(C(=O)O)CC3)CC2=O)c1. The van der Waals surface area contributed by atoms with Crippen LogP contribution in [0.1, 0.15) is 19.3 Å². The van der Waals surface area contributed by atoms with Gasteiger partial charge < -0.3 is 24.4 Å². The van der Waals surface area contributed by atoms with Crippen LogP contribution >= 0.6 is 0 Å². The van der Waals surface area contributed by atoms with Crippen molar-refractivity contribution in [2.75, 3.05) is 38.8 Å². The van der Waals surface area contributed by atoms with E-state index in [0.717, 1.165) is 0 Å². The standard InChI is InChI=1S/C19H24N2O6/c1-26-15-8-14(9-16(10-15)27-2)21-11-13(7-17(21)22)18(23)20-5-3-12(4-6-20)19(24)25/h8-10,12-13H,3-7,11H2,1-2H3,(H,24,25). The van der Waals surface area contributed by atoms with E-state index in [-0.39, 0.29) is 24.2 Å². The second kappa shape index (κ2) is 7.85. The lowest BCUT2D eigenvalue weighted by atomic mass is 9.95. The van der Waals surface area contributed by atoms with E-state index in [4.69, 9.17) is 14.6 Å². The molecule has 0 aliphatic carbocycles. The highest BCUT2D eigenvalue weighted by molar-refractivity contribution is 6.00. The first-order chi connectivity index (χ1) is 12.9. The summed E-state index contributed by atoms with van der Waals surface area (Å²) in [6, 6.07) is 5.20. The van der Waals surface area contributed by atoms with Crippen molar-refractivity contribution in [3.63, 3.8) is 0 Å². The lowest BCUT2D eigenvalue weighted by Crippen LogP contribution is -2.43. The Morgan fingerprint density at radius 3 is 2.15 bits per heavy atom. The van der Waals surface area contributed by atoms with E-state index in [1.165, 1.54) is 14.2 Å². The first-order valence-electron chi connectivity index (χ1n) is 8.98. The monoisotopic (exact) mass is 376 g/mol. The van der Waals surface area contributed by atoms with Gasteiger partial charge in [0.25, 0.3) is 0 Å². The summed E-state index contributed by atoms with van der Waals surface area (Å²) >= 11 is 0. The molecule has 3 rings (SSSR count). The predicted octanol–water partition coefficient (Wildman–Crippen LogP) is 1.38. The largest absolute Gasteiger partial charge is 0.497 e. The lowest BCUT2D eigenvalue weighted by molar-refractivity contribution is -0.146. The van der Waals surface area contributed by atoms with Crippen LogP contribution < -0.4 is 14.4 Å². The van der Waals surface area contributed by atoms with Crippen LogP contribution in [-0.4, -0.2) is 61.6 Å². The molecule has 1 aromatic rings. The van der Waals surface area contributed by atoms with Gasteiger partial charge in [0, 0.05) is 44.3 Å². The molecule has 2 fully saturated rings. The smallest absolute Gasteiger partial charge is 0.306 e. The summed E-state index contributed by atoms with van der Waals surface area (Å²) < 4.78 is 10.5. The number of amides is 2. The number of carboxylic acids is 1. The van der Waals surface area contributed by atoms with Gasteiger partial charge in [-0.05, 0) is 12.8 Å². The third-order valence-corrected chi connectivity index (χ3v) is 5.28. The fourth-order valence-corrected chi connectivity index (χ4v) is 3.68. The van der Waals surface area contributed by atoms with E-state index in [1.807, 2.05) is 0 Å². The Balaban J connectivity index is 1.69. The Labute approximate surface area is 157 Å².